The zero-order chi connectivity index (χ0) is 11.8. The van der Waals surface area contributed by atoms with Gasteiger partial charge in [-0.05, 0) is 25.5 Å². The van der Waals surface area contributed by atoms with Gasteiger partial charge in [-0.15, -0.1) is 6.58 Å². The van der Waals surface area contributed by atoms with Gasteiger partial charge in [-0.25, -0.2) is 0 Å². The van der Waals surface area contributed by atoms with Gasteiger partial charge in [0.05, 0.1) is 24.8 Å². The van der Waals surface area contributed by atoms with Crippen molar-refractivity contribution in [3.8, 4) is 17.6 Å². The first-order chi connectivity index (χ1) is 7.81. The Labute approximate surface area is 95.9 Å². The Hall–Kier alpha value is -1.95. The molecule has 0 atom stereocenters. The van der Waals surface area contributed by atoms with Gasteiger partial charge in [-0.3, -0.25) is 0 Å². The molecule has 1 aromatic carbocycles. The fraction of sp³-hybridized carbons (Fsp3) is 0.308. The van der Waals surface area contributed by atoms with E-state index in [9.17, 15) is 0 Å². The number of hydrogen-bond acceptors (Lipinski definition) is 3. The molecule has 1 aromatic rings. The van der Waals surface area contributed by atoms with Crippen molar-refractivity contribution in [2.24, 2.45) is 0 Å². The average Bonchev–Trinajstić information content (AvgIpc) is 2.31. The van der Waals surface area contributed by atoms with E-state index in [1.807, 2.05) is 6.92 Å². The lowest BCUT2D eigenvalue weighted by atomic mass is 10.2. The van der Waals surface area contributed by atoms with Gasteiger partial charge in [0.15, 0.2) is 11.5 Å². The molecule has 1 rings (SSSR count). The summed E-state index contributed by atoms with van der Waals surface area (Å²) < 4.78 is 10.9. The summed E-state index contributed by atoms with van der Waals surface area (Å²) >= 11 is 0. The predicted octanol–water partition coefficient (Wildman–Crippen LogP) is 2.91. The Kier molecular flexibility index (Phi) is 4.94. The minimum absolute atomic E-state index is 0.548. The molecule has 0 heterocycles. The summed E-state index contributed by atoms with van der Waals surface area (Å²) in [6.07, 6.45) is 2.58. The zero-order valence-corrected chi connectivity index (χ0v) is 9.40. The molecule has 0 aliphatic heterocycles. The predicted molar refractivity (Wildman–Crippen MR) is 62.6 cm³/mol. The van der Waals surface area contributed by atoms with Crippen molar-refractivity contribution >= 4 is 0 Å². The van der Waals surface area contributed by atoms with Crippen molar-refractivity contribution in [3.05, 3.63) is 36.4 Å². The molecule has 0 spiro atoms. The van der Waals surface area contributed by atoms with E-state index in [1.165, 1.54) is 0 Å². The molecule has 0 bridgehead atoms. The topological polar surface area (TPSA) is 42.2 Å². The van der Waals surface area contributed by atoms with Crippen LogP contribution >= 0.6 is 0 Å². The number of hydrogen-bond donors (Lipinski definition) is 0. The second kappa shape index (κ2) is 6.52. The minimum Gasteiger partial charge on any atom is -0.490 e. The Morgan fingerprint density at radius 1 is 1.38 bits per heavy atom. The normalized spacial score (nSPS) is 9.25. The summed E-state index contributed by atoms with van der Waals surface area (Å²) in [6.45, 7) is 6.63. The summed E-state index contributed by atoms with van der Waals surface area (Å²) in [4.78, 5) is 0. The SMILES string of the molecule is C=CCCOc1ccc(C#N)cc1OCC. The Morgan fingerprint density at radius 2 is 2.19 bits per heavy atom. The van der Waals surface area contributed by atoms with Crippen molar-refractivity contribution in [1.82, 2.24) is 0 Å². The van der Waals surface area contributed by atoms with E-state index >= 15 is 0 Å². The highest BCUT2D eigenvalue weighted by molar-refractivity contribution is 5.46. The van der Waals surface area contributed by atoms with Crippen LogP contribution in [0.1, 0.15) is 18.9 Å². The fourth-order valence-corrected chi connectivity index (χ4v) is 1.22. The van der Waals surface area contributed by atoms with Crippen LogP contribution in [-0.2, 0) is 0 Å². The third-order valence-electron chi connectivity index (χ3n) is 1.95. The second-order valence-corrected chi connectivity index (χ2v) is 3.13. The molecular formula is C13H15NO2. The summed E-state index contributed by atoms with van der Waals surface area (Å²) in [5.41, 5.74) is 0.569. The van der Waals surface area contributed by atoms with Crippen LogP contribution in [0.15, 0.2) is 30.9 Å². The van der Waals surface area contributed by atoms with Crippen molar-refractivity contribution in [2.45, 2.75) is 13.3 Å². The molecule has 84 valence electrons. The molecule has 0 unspecified atom stereocenters. The molecule has 0 amide bonds. The van der Waals surface area contributed by atoms with Crippen LogP contribution in [0.3, 0.4) is 0 Å². The van der Waals surface area contributed by atoms with Crippen LogP contribution < -0.4 is 9.47 Å². The van der Waals surface area contributed by atoms with Gasteiger partial charge in [-0.1, -0.05) is 6.08 Å². The van der Waals surface area contributed by atoms with Gasteiger partial charge in [-0.2, -0.15) is 5.26 Å². The van der Waals surface area contributed by atoms with Crippen molar-refractivity contribution in [2.75, 3.05) is 13.2 Å². The summed E-state index contributed by atoms with van der Waals surface area (Å²) in [5, 5.41) is 8.78. The first kappa shape index (κ1) is 12.1. The molecule has 0 aromatic heterocycles. The van der Waals surface area contributed by atoms with Crippen LogP contribution in [0.4, 0.5) is 0 Å². The second-order valence-electron chi connectivity index (χ2n) is 3.13. The van der Waals surface area contributed by atoms with E-state index in [-0.39, 0.29) is 0 Å². The lowest BCUT2D eigenvalue weighted by Gasteiger charge is -2.11. The Balaban J connectivity index is 2.81. The summed E-state index contributed by atoms with van der Waals surface area (Å²) in [7, 11) is 0. The highest BCUT2D eigenvalue weighted by Gasteiger charge is 2.05. The number of nitrogens with zero attached hydrogens (tertiary/aromatic N) is 1. The molecule has 0 N–H and O–H groups in total. The third kappa shape index (κ3) is 3.32. The molecule has 0 saturated carbocycles. The smallest absolute Gasteiger partial charge is 0.162 e. The molecule has 0 aliphatic rings. The van der Waals surface area contributed by atoms with Crippen LogP contribution in [-0.4, -0.2) is 13.2 Å². The van der Waals surface area contributed by atoms with Crippen LogP contribution in [0.25, 0.3) is 0 Å². The summed E-state index contributed by atoms with van der Waals surface area (Å²) in [5.74, 6) is 1.29. The monoisotopic (exact) mass is 217 g/mol. The Bertz CT molecular complexity index is 393. The van der Waals surface area contributed by atoms with Crippen molar-refractivity contribution in [1.29, 1.82) is 5.26 Å². The molecule has 3 heteroatoms. The van der Waals surface area contributed by atoms with Gasteiger partial charge < -0.3 is 9.47 Å². The van der Waals surface area contributed by atoms with E-state index in [1.54, 1.807) is 24.3 Å². The van der Waals surface area contributed by atoms with E-state index in [4.69, 9.17) is 14.7 Å². The zero-order valence-electron chi connectivity index (χ0n) is 9.40. The third-order valence-corrected chi connectivity index (χ3v) is 1.95. The van der Waals surface area contributed by atoms with E-state index in [2.05, 4.69) is 12.6 Å². The first-order valence-electron chi connectivity index (χ1n) is 5.22. The summed E-state index contributed by atoms with van der Waals surface area (Å²) in [6, 6.07) is 7.23. The van der Waals surface area contributed by atoms with Gasteiger partial charge in [0.1, 0.15) is 0 Å². The maximum absolute atomic E-state index is 8.78. The van der Waals surface area contributed by atoms with E-state index in [0.717, 1.165) is 6.42 Å². The molecule has 16 heavy (non-hydrogen) atoms. The molecule has 0 saturated heterocycles. The van der Waals surface area contributed by atoms with Crippen LogP contribution in [0.5, 0.6) is 11.5 Å². The van der Waals surface area contributed by atoms with Crippen LogP contribution in [0.2, 0.25) is 0 Å². The number of nitriles is 1. The number of rotatable bonds is 6. The molecule has 0 fully saturated rings. The average molecular weight is 217 g/mol. The van der Waals surface area contributed by atoms with Gasteiger partial charge in [0.2, 0.25) is 0 Å². The fourth-order valence-electron chi connectivity index (χ4n) is 1.22. The van der Waals surface area contributed by atoms with Gasteiger partial charge in [0.25, 0.3) is 0 Å². The highest BCUT2D eigenvalue weighted by atomic mass is 16.5. The number of benzene rings is 1. The lowest BCUT2D eigenvalue weighted by Crippen LogP contribution is -2.00. The van der Waals surface area contributed by atoms with Gasteiger partial charge >= 0.3 is 0 Å². The largest absolute Gasteiger partial charge is 0.490 e. The molecule has 0 radical (unpaired) electrons. The maximum atomic E-state index is 8.78. The van der Waals surface area contributed by atoms with Crippen molar-refractivity contribution in [3.63, 3.8) is 0 Å². The van der Waals surface area contributed by atoms with E-state index < -0.39 is 0 Å². The Morgan fingerprint density at radius 3 is 2.81 bits per heavy atom. The molecule has 0 aliphatic carbocycles. The quantitative estimate of drug-likeness (QED) is 0.543. The molecular weight excluding hydrogens is 202 g/mol. The molecule has 3 nitrogen and oxygen atoms in total. The minimum atomic E-state index is 0.548. The van der Waals surface area contributed by atoms with Crippen molar-refractivity contribution < 1.29 is 9.47 Å². The highest BCUT2D eigenvalue weighted by Crippen LogP contribution is 2.28. The van der Waals surface area contributed by atoms with Gasteiger partial charge in [0, 0.05) is 6.07 Å². The lowest BCUT2D eigenvalue weighted by molar-refractivity contribution is 0.280. The number of ether oxygens (including phenoxy) is 2. The standard InChI is InChI=1S/C13H15NO2/c1-3-5-8-16-12-7-6-11(10-14)9-13(12)15-4-2/h3,6-7,9H,1,4-5,8H2,2H3. The maximum Gasteiger partial charge on any atom is 0.162 e. The first-order valence-corrected chi connectivity index (χ1v) is 5.22. The van der Waals surface area contributed by atoms with E-state index in [0.29, 0.717) is 30.3 Å². The van der Waals surface area contributed by atoms with Crippen LogP contribution in [0, 0.1) is 11.3 Å².